The molecule has 0 bridgehead atoms. The molecule has 0 amide bonds. The van der Waals surface area contributed by atoms with E-state index < -0.39 is 11.4 Å². The van der Waals surface area contributed by atoms with Gasteiger partial charge >= 0.3 is 0 Å². The Labute approximate surface area is 155 Å². The summed E-state index contributed by atoms with van der Waals surface area (Å²) in [6.45, 7) is 5.58. The first-order valence-electron chi connectivity index (χ1n) is 9.65. The van der Waals surface area contributed by atoms with Gasteiger partial charge in [-0.25, -0.2) is 0 Å². The second-order valence-electron chi connectivity index (χ2n) is 7.20. The second kappa shape index (κ2) is 7.12. The summed E-state index contributed by atoms with van der Waals surface area (Å²) in [6, 6.07) is 21.2. The van der Waals surface area contributed by atoms with E-state index in [4.69, 9.17) is 9.47 Å². The SMILES string of the molecule is CC[C@]12N[C@H](c3ccccc3)CO[C@@]1(CC)N[C@H](c1ccccc1)CO2. The van der Waals surface area contributed by atoms with Crippen molar-refractivity contribution in [2.75, 3.05) is 13.2 Å². The number of hydrogen-bond acceptors (Lipinski definition) is 4. The van der Waals surface area contributed by atoms with E-state index in [-0.39, 0.29) is 12.1 Å². The quantitative estimate of drug-likeness (QED) is 0.875. The van der Waals surface area contributed by atoms with Crippen molar-refractivity contribution in [3.05, 3.63) is 71.8 Å². The summed E-state index contributed by atoms with van der Waals surface area (Å²) in [5, 5.41) is 7.58. The minimum Gasteiger partial charge on any atom is -0.354 e. The lowest BCUT2D eigenvalue weighted by atomic mass is 9.86. The van der Waals surface area contributed by atoms with E-state index >= 15 is 0 Å². The highest BCUT2D eigenvalue weighted by Gasteiger charge is 2.59. The largest absolute Gasteiger partial charge is 0.354 e. The molecule has 2 heterocycles. The average molecular weight is 352 g/mol. The van der Waals surface area contributed by atoms with Crippen molar-refractivity contribution in [2.24, 2.45) is 0 Å². The molecule has 2 saturated heterocycles. The van der Waals surface area contributed by atoms with Gasteiger partial charge in [0.1, 0.15) is 0 Å². The first kappa shape index (κ1) is 17.7. The lowest BCUT2D eigenvalue weighted by molar-refractivity contribution is -0.305. The van der Waals surface area contributed by atoms with Crippen molar-refractivity contribution in [1.29, 1.82) is 0 Å². The number of hydrogen-bond donors (Lipinski definition) is 2. The molecule has 4 atom stereocenters. The molecule has 0 unspecified atom stereocenters. The van der Waals surface area contributed by atoms with Crippen molar-refractivity contribution in [1.82, 2.24) is 10.6 Å². The Morgan fingerprint density at radius 1 is 0.731 bits per heavy atom. The monoisotopic (exact) mass is 352 g/mol. The van der Waals surface area contributed by atoms with Crippen LogP contribution in [0.5, 0.6) is 0 Å². The number of fused-ring (bicyclic) bond motifs is 1. The van der Waals surface area contributed by atoms with Gasteiger partial charge in [0.2, 0.25) is 0 Å². The Hall–Kier alpha value is -1.72. The summed E-state index contributed by atoms with van der Waals surface area (Å²) in [4.78, 5) is 0. The molecule has 2 aliphatic rings. The van der Waals surface area contributed by atoms with Crippen LogP contribution in [0.1, 0.15) is 49.9 Å². The molecule has 4 heteroatoms. The molecule has 2 aromatic rings. The highest BCUT2D eigenvalue weighted by atomic mass is 16.6. The number of nitrogens with one attached hydrogen (secondary N) is 2. The van der Waals surface area contributed by atoms with Crippen molar-refractivity contribution >= 4 is 0 Å². The third kappa shape index (κ3) is 2.87. The number of benzene rings is 2. The molecule has 2 aromatic carbocycles. The zero-order chi connectivity index (χ0) is 18.0. The minimum absolute atomic E-state index is 0.130. The highest BCUT2D eigenvalue weighted by Crippen LogP contribution is 2.43. The molecule has 2 fully saturated rings. The fraction of sp³-hybridized carbons (Fsp3) is 0.455. The Bertz CT molecular complexity index is 660. The van der Waals surface area contributed by atoms with Crippen LogP contribution in [0.3, 0.4) is 0 Å². The zero-order valence-electron chi connectivity index (χ0n) is 15.6. The van der Waals surface area contributed by atoms with Gasteiger partial charge in [-0.2, -0.15) is 0 Å². The fourth-order valence-electron chi connectivity index (χ4n) is 4.36. The van der Waals surface area contributed by atoms with Crippen LogP contribution in [0.25, 0.3) is 0 Å². The smallest absolute Gasteiger partial charge is 0.162 e. The van der Waals surface area contributed by atoms with Crippen molar-refractivity contribution in [2.45, 2.75) is 50.2 Å². The normalized spacial score (nSPS) is 34.2. The molecule has 0 aliphatic carbocycles. The van der Waals surface area contributed by atoms with Crippen LogP contribution in [0.2, 0.25) is 0 Å². The van der Waals surface area contributed by atoms with E-state index in [2.05, 4.69) is 73.0 Å². The van der Waals surface area contributed by atoms with Crippen LogP contribution in [0, 0.1) is 0 Å². The first-order valence-corrected chi connectivity index (χ1v) is 9.65. The van der Waals surface area contributed by atoms with Gasteiger partial charge in [-0.05, 0) is 24.0 Å². The van der Waals surface area contributed by atoms with E-state index in [9.17, 15) is 0 Å². The lowest BCUT2D eigenvalue weighted by Crippen LogP contribution is -2.78. The molecule has 4 nitrogen and oxygen atoms in total. The van der Waals surface area contributed by atoms with Gasteiger partial charge in [0, 0.05) is 0 Å². The van der Waals surface area contributed by atoms with Crippen molar-refractivity contribution < 1.29 is 9.47 Å². The van der Waals surface area contributed by atoms with Crippen LogP contribution < -0.4 is 10.6 Å². The molecule has 4 rings (SSSR count). The minimum atomic E-state index is -0.536. The molecule has 2 aliphatic heterocycles. The number of ether oxygens (including phenoxy) is 2. The Kier molecular flexibility index (Phi) is 4.84. The van der Waals surface area contributed by atoms with Gasteiger partial charge < -0.3 is 9.47 Å². The molecule has 0 radical (unpaired) electrons. The summed E-state index contributed by atoms with van der Waals surface area (Å²) < 4.78 is 13.1. The molecule has 0 aromatic heterocycles. The molecular weight excluding hydrogens is 324 g/mol. The Balaban J connectivity index is 1.62. The van der Waals surface area contributed by atoms with E-state index in [1.54, 1.807) is 0 Å². The van der Waals surface area contributed by atoms with Crippen LogP contribution in [0.15, 0.2) is 60.7 Å². The standard InChI is InChI=1S/C22H28N2O2/c1-3-21-22(4-2,24-20(15-25-21)18-13-9-6-10-14-18)26-16-19(23-21)17-11-7-5-8-12-17/h5-14,19-20,23-24H,3-4,15-16H2,1-2H3/t19-,20-,21+,22+/m0/s1. The summed E-state index contributed by atoms with van der Waals surface area (Å²) in [5.41, 5.74) is 1.40. The highest BCUT2D eigenvalue weighted by molar-refractivity contribution is 5.24. The molecule has 26 heavy (non-hydrogen) atoms. The maximum atomic E-state index is 6.53. The van der Waals surface area contributed by atoms with E-state index in [0.717, 1.165) is 12.8 Å². The summed E-state index contributed by atoms with van der Waals surface area (Å²) in [6.07, 6.45) is 1.66. The Morgan fingerprint density at radius 2 is 1.12 bits per heavy atom. The average Bonchev–Trinajstić information content (AvgIpc) is 2.74. The topological polar surface area (TPSA) is 42.5 Å². The number of rotatable bonds is 4. The molecular formula is C22H28N2O2. The van der Waals surface area contributed by atoms with Crippen LogP contribution in [0.4, 0.5) is 0 Å². The van der Waals surface area contributed by atoms with Crippen molar-refractivity contribution in [3.8, 4) is 0 Å². The maximum absolute atomic E-state index is 6.53. The molecule has 2 N–H and O–H groups in total. The van der Waals surface area contributed by atoms with Gasteiger partial charge in [-0.3, -0.25) is 10.6 Å². The van der Waals surface area contributed by atoms with E-state index in [1.165, 1.54) is 11.1 Å². The summed E-state index contributed by atoms with van der Waals surface area (Å²) in [5.74, 6) is 0. The first-order chi connectivity index (χ1) is 12.7. The van der Waals surface area contributed by atoms with E-state index in [0.29, 0.717) is 13.2 Å². The fourth-order valence-corrected chi connectivity index (χ4v) is 4.36. The maximum Gasteiger partial charge on any atom is 0.162 e. The zero-order valence-corrected chi connectivity index (χ0v) is 15.6. The van der Waals surface area contributed by atoms with Crippen LogP contribution in [-0.2, 0) is 9.47 Å². The molecule has 0 spiro atoms. The Morgan fingerprint density at radius 3 is 1.46 bits per heavy atom. The van der Waals surface area contributed by atoms with Gasteiger partial charge in [-0.1, -0.05) is 74.5 Å². The van der Waals surface area contributed by atoms with E-state index in [1.807, 2.05) is 12.1 Å². The van der Waals surface area contributed by atoms with Gasteiger partial charge in [0.05, 0.1) is 25.3 Å². The second-order valence-corrected chi connectivity index (χ2v) is 7.20. The third-order valence-electron chi connectivity index (χ3n) is 5.86. The lowest BCUT2D eigenvalue weighted by Gasteiger charge is -2.59. The van der Waals surface area contributed by atoms with Crippen molar-refractivity contribution in [3.63, 3.8) is 0 Å². The van der Waals surface area contributed by atoms with Gasteiger partial charge in [0.15, 0.2) is 11.4 Å². The van der Waals surface area contributed by atoms with Crippen LogP contribution in [-0.4, -0.2) is 24.7 Å². The predicted molar refractivity (Wildman–Crippen MR) is 103 cm³/mol. The predicted octanol–water partition coefficient (Wildman–Crippen LogP) is 3.92. The molecule has 138 valence electrons. The summed E-state index contributed by atoms with van der Waals surface area (Å²) >= 11 is 0. The molecule has 0 saturated carbocycles. The third-order valence-corrected chi connectivity index (χ3v) is 5.86. The van der Waals surface area contributed by atoms with Crippen LogP contribution >= 0.6 is 0 Å². The van der Waals surface area contributed by atoms with Gasteiger partial charge in [-0.15, -0.1) is 0 Å². The number of morpholine rings is 2. The summed E-state index contributed by atoms with van der Waals surface area (Å²) in [7, 11) is 0. The van der Waals surface area contributed by atoms with Gasteiger partial charge in [0.25, 0.3) is 0 Å².